The van der Waals surface area contributed by atoms with Crippen molar-refractivity contribution in [3.05, 3.63) is 63.6 Å². The zero-order valence-electron chi connectivity index (χ0n) is 15.0. The van der Waals surface area contributed by atoms with Crippen LogP contribution in [0.4, 0.5) is 4.39 Å². The van der Waals surface area contributed by atoms with Gasteiger partial charge in [-0.3, -0.25) is 4.79 Å². The van der Waals surface area contributed by atoms with E-state index in [1.54, 1.807) is 18.2 Å². The number of primary amides is 1. The van der Waals surface area contributed by atoms with Crippen molar-refractivity contribution in [3.8, 4) is 6.07 Å². The summed E-state index contributed by atoms with van der Waals surface area (Å²) in [5.74, 6) is -1.62. The molecule has 0 bridgehead atoms. The number of carbonyl (C=O) groups is 1. The first-order valence-corrected chi connectivity index (χ1v) is 9.84. The molecule has 0 aliphatic carbocycles. The number of hydrogen-bond donors (Lipinski definition) is 2. The lowest BCUT2D eigenvalue weighted by Gasteiger charge is -2.04. The van der Waals surface area contributed by atoms with Crippen LogP contribution in [-0.4, -0.2) is 10.9 Å². The van der Waals surface area contributed by atoms with Gasteiger partial charge in [-0.05, 0) is 60.9 Å². The van der Waals surface area contributed by atoms with Gasteiger partial charge in [-0.25, -0.2) is 4.39 Å². The first-order valence-electron chi connectivity index (χ1n) is 8.20. The number of allylic oxidation sites excluding steroid dienone is 1. The van der Waals surface area contributed by atoms with Gasteiger partial charge in [0.1, 0.15) is 0 Å². The van der Waals surface area contributed by atoms with Crippen LogP contribution in [0, 0.1) is 31.0 Å². The predicted molar refractivity (Wildman–Crippen MR) is 109 cm³/mol. The molecule has 0 saturated carbocycles. The molecule has 2 aromatic carbocycles. The van der Waals surface area contributed by atoms with Crippen molar-refractivity contribution >= 4 is 52.9 Å². The van der Waals surface area contributed by atoms with E-state index < -0.39 is 19.5 Å². The summed E-state index contributed by atoms with van der Waals surface area (Å²) in [7, 11) is -2.37. The maximum atomic E-state index is 14.7. The van der Waals surface area contributed by atoms with Gasteiger partial charge < -0.3 is 10.7 Å². The molecule has 1 heterocycles. The van der Waals surface area contributed by atoms with E-state index in [0.29, 0.717) is 10.9 Å². The average Bonchev–Trinajstić information content (AvgIpc) is 3.05. The second-order valence-corrected chi connectivity index (χ2v) is 8.19. The molecule has 3 aromatic rings. The van der Waals surface area contributed by atoms with Crippen LogP contribution >= 0.6 is 19.4 Å². The highest BCUT2D eigenvalue weighted by atomic mass is 35.5. The number of carbonyl (C=O) groups excluding carboxylic acids is 1. The van der Waals surface area contributed by atoms with Gasteiger partial charge in [0.05, 0.1) is 22.0 Å². The number of nitrogens with one attached hydrogen (secondary N) is 1. The second-order valence-electron chi connectivity index (χ2n) is 6.23. The van der Waals surface area contributed by atoms with Crippen molar-refractivity contribution in [1.82, 2.24) is 4.98 Å². The molecule has 3 rings (SSSR count). The molecule has 140 valence electrons. The lowest BCUT2D eigenvalue weighted by atomic mass is 10.0. The van der Waals surface area contributed by atoms with Crippen molar-refractivity contribution < 1.29 is 13.8 Å². The minimum absolute atomic E-state index is 0.0176. The molecule has 8 heteroatoms. The fourth-order valence-corrected chi connectivity index (χ4v) is 4.77. The number of aryl methyl sites for hydroxylation is 1. The van der Waals surface area contributed by atoms with Crippen LogP contribution in [0.5, 0.6) is 0 Å². The molecule has 0 radical (unpaired) electrons. The maximum Gasteiger partial charge on any atom is 0.418 e. The number of hydrogen-bond acceptors (Lipinski definition) is 3. The van der Waals surface area contributed by atoms with Crippen LogP contribution in [0.3, 0.4) is 0 Å². The fourth-order valence-electron chi connectivity index (χ4n) is 3.00. The summed E-state index contributed by atoms with van der Waals surface area (Å²) >= 11 is 5.89. The van der Waals surface area contributed by atoms with Crippen molar-refractivity contribution in [2.45, 2.75) is 13.8 Å². The largest absolute Gasteiger partial charge is 0.418 e. The van der Waals surface area contributed by atoms with E-state index in [2.05, 4.69) is 4.98 Å². The second kappa shape index (κ2) is 7.55. The number of aromatic amines is 1. The van der Waals surface area contributed by atoms with Gasteiger partial charge in [0.15, 0.2) is 16.8 Å². The number of rotatable bonds is 4. The maximum absolute atomic E-state index is 14.7. The van der Waals surface area contributed by atoms with E-state index in [4.69, 9.17) is 22.6 Å². The number of amides is 1. The number of fused-ring (bicyclic) bond motifs is 1. The van der Waals surface area contributed by atoms with Gasteiger partial charge >= 0.3 is 7.80 Å². The Kier molecular flexibility index (Phi) is 5.33. The molecule has 0 fully saturated rings. The Morgan fingerprint density at radius 3 is 2.71 bits per heavy atom. The van der Waals surface area contributed by atoms with Gasteiger partial charge in [-0.15, -0.1) is 0 Å². The van der Waals surface area contributed by atoms with E-state index in [1.807, 2.05) is 19.9 Å². The highest BCUT2D eigenvalue weighted by Gasteiger charge is 2.36. The molecule has 1 aromatic heterocycles. The molecular weight excluding hydrogens is 400 g/mol. The zero-order valence-corrected chi connectivity index (χ0v) is 16.7. The summed E-state index contributed by atoms with van der Waals surface area (Å²) in [5.41, 5.74) is 8.06. The van der Waals surface area contributed by atoms with Crippen molar-refractivity contribution in [2.75, 3.05) is 0 Å². The highest BCUT2D eigenvalue weighted by molar-refractivity contribution is 7.62. The number of halogens is 2. The van der Waals surface area contributed by atoms with E-state index in [1.165, 1.54) is 18.2 Å². The Balaban J connectivity index is 2.30. The Bertz CT molecular complexity index is 1220. The molecule has 28 heavy (non-hydrogen) atoms. The molecular formula is C20H15ClFN3O2P+. The van der Waals surface area contributed by atoms with Gasteiger partial charge in [0.25, 0.3) is 5.91 Å². The normalized spacial score (nSPS) is 11.8. The van der Waals surface area contributed by atoms with Crippen LogP contribution < -0.4 is 16.3 Å². The quantitative estimate of drug-likeness (QED) is 0.498. The summed E-state index contributed by atoms with van der Waals surface area (Å²) in [4.78, 5) is 14.7. The van der Waals surface area contributed by atoms with Crippen LogP contribution in [0.15, 0.2) is 30.3 Å². The number of nitrogens with two attached hydrogens (primary N) is 1. The SMILES string of the molecule is Cc1cc([P+](=O)c2c(C(N)=O)[nH]c3ccc(Cl)c(F)c23)cc(C=CC#N)c1C. The van der Waals surface area contributed by atoms with Crippen molar-refractivity contribution in [1.29, 1.82) is 5.26 Å². The van der Waals surface area contributed by atoms with Gasteiger partial charge in [-0.2, -0.15) is 5.26 Å². The molecule has 5 nitrogen and oxygen atoms in total. The van der Waals surface area contributed by atoms with Crippen molar-refractivity contribution in [3.63, 3.8) is 0 Å². The summed E-state index contributed by atoms with van der Waals surface area (Å²) in [6, 6.07) is 8.13. The smallest absolute Gasteiger partial charge is 0.364 e. The summed E-state index contributed by atoms with van der Waals surface area (Å²) < 4.78 is 28.1. The monoisotopic (exact) mass is 414 g/mol. The Morgan fingerprint density at radius 1 is 1.36 bits per heavy atom. The minimum Gasteiger partial charge on any atom is -0.364 e. The van der Waals surface area contributed by atoms with Crippen LogP contribution in [0.25, 0.3) is 17.0 Å². The standard InChI is InChI=1S/C20H14ClFN3O2P/c1-10-8-13(9-12(11(10)2)4-3-7-23)28(27)19-16-15(25-18(19)20(24)26)6-5-14(21)17(16)22/h3-6,8-9H,1-2H3,(H2-,24,25,26,27)/p+1. The molecule has 1 atom stereocenters. The predicted octanol–water partition coefficient (Wildman–Crippen LogP) is 3.99. The van der Waals surface area contributed by atoms with Crippen LogP contribution in [0.2, 0.25) is 5.02 Å². The van der Waals surface area contributed by atoms with Gasteiger partial charge in [0, 0.05) is 6.08 Å². The molecule has 3 N–H and O–H groups in total. The van der Waals surface area contributed by atoms with Crippen LogP contribution in [0.1, 0.15) is 27.2 Å². The first kappa shape index (κ1) is 19.8. The molecule has 0 aliphatic heterocycles. The lowest BCUT2D eigenvalue weighted by Crippen LogP contribution is -2.21. The topological polar surface area (TPSA) is 99.7 Å². The average molecular weight is 415 g/mol. The molecule has 0 aliphatic rings. The first-order chi connectivity index (χ1) is 13.3. The molecule has 0 saturated heterocycles. The third-order valence-electron chi connectivity index (χ3n) is 4.54. The number of nitriles is 1. The third kappa shape index (κ3) is 3.31. The minimum atomic E-state index is -2.37. The Morgan fingerprint density at radius 2 is 2.07 bits per heavy atom. The van der Waals surface area contributed by atoms with E-state index in [0.717, 1.165) is 11.1 Å². The molecule has 1 amide bonds. The number of aromatic nitrogens is 1. The van der Waals surface area contributed by atoms with E-state index in [9.17, 15) is 13.8 Å². The van der Waals surface area contributed by atoms with Gasteiger partial charge in [-0.1, -0.05) is 16.2 Å². The van der Waals surface area contributed by atoms with Crippen molar-refractivity contribution in [2.24, 2.45) is 5.73 Å². The summed E-state index contributed by atoms with van der Waals surface area (Å²) in [6.07, 6.45) is 2.93. The molecule has 0 spiro atoms. The highest BCUT2D eigenvalue weighted by Crippen LogP contribution is 2.33. The third-order valence-corrected chi connectivity index (χ3v) is 6.41. The van der Waals surface area contributed by atoms with E-state index in [-0.39, 0.29) is 26.9 Å². The zero-order chi connectivity index (χ0) is 20.6. The number of benzene rings is 2. The Hall–Kier alpha value is -3.00. The summed E-state index contributed by atoms with van der Waals surface area (Å²) in [5, 5.41) is 8.99. The Labute approximate surface area is 166 Å². The molecule has 1 unspecified atom stereocenters. The van der Waals surface area contributed by atoms with Crippen LogP contribution in [-0.2, 0) is 4.57 Å². The number of H-pyrrole nitrogens is 1. The lowest BCUT2D eigenvalue weighted by molar-refractivity contribution is 0.0997. The number of nitrogens with zero attached hydrogens (tertiary/aromatic N) is 1. The fraction of sp³-hybridized carbons (Fsp3) is 0.100. The van der Waals surface area contributed by atoms with E-state index >= 15 is 0 Å². The van der Waals surface area contributed by atoms with Gasteiger partial charge in [0.2, 0.25) is 5.30 Å². The summed E-state index contributed by atoms with van der Waals surface area (Å²) in [6.45, 7) is 3.72.